The normalized spacial score (nSPS) is 10.6. The van der Waals surface area contributed by atoms with Crippen molar-refractivity contribution >= 4 is 5.69 Å². The third kappa shape index (κ3) is 2.94. The zero-order chi connectivity index (χ0) is 14.7. The van der Waals surface area contributed by atoms with E-state index < -0.39 is 0 Å². The molecule has 0 aliphatic carbocycles. The third-order valence-electron chi connectivity index (χ3n) is 3.43. The molecule has 106 valence electrons. The summed E-state index contributed by atoms with van der Waals surface area (Å²) in [5.74, 6) is -0.218. The first-order chi connectivity index (χ1) is 10.2. The maximum atomic E-state index is 13.7. The summed E-state index contributed by atoms with van der Waals surface area (Å²) in [6, 6.07) is 13.2. The number of para-hydroxylation sites is 1. The monoisotopic (exact) mass is 281 g/mol. The number of benzene rings is 2. The van der Waals surface area contributed by atoms with Crippen LogP contribution in [0.5, 0.6) is 0 Å². The Morgan fingerprint density at radius 2 is 1.95 bits per heavy atom. The lowest BCUT2D eigenvalue weighted by Crippen LogP contribution is -2.03. The molecule has 0 atom stereocenters. The van der Waals surface area contributed by atoms with E-state index in [4.69, 9.17) is 0 Å². The third-order valence-corrected chi connectivity index (χ3v) is 3.43. The molecule has 1 aromatic heterocycles. The quantitative estimate of drug-likeness (QED) is 0.785. The van der Waals surface area contributed by atoms with E-state index in [2.05, 4.69) is 10.3 Å². The number of rotatable bonds is 4. The van der Waals surface area contributed by atoms with Gasteiger partial charge >= 0.3 is 0 Å². The second-order valence-electron chi connectivity index (χ2n) is 4.92. The van der Waals surface area contributed by atoms with Gasteiger partial charge in [0.25, 0.3) is 0 Å². The number of halogens is 1. The number of nitrogens with one attached hydrogen (secondary N) is 1. The lowest BCUT2D eigenvalue weighted by molar-refractivity contribution is 0.629. The summed E-state index contributed by atoms with van der Waals surface area (Å²) in [4.78, 5) is 4.03. The van der Waals surface area contributed by atoms with Crippen LogP contribution < -0.4 is 5.32 Å². The van der Waals surface area contributed by atoms with Crippen molar-refractivity contribution < 1.29 is 4.39 Å². The van der Waals surface area contributed by atoms with Gasteiger partial charge in [-0.05, 0) is 36.2 Å². The number of anilines is 1. The molecule has 0 saturated heterocycles. The number of aromatic nitrogens is 2. The highest BCUT2D eigenvalue weighted by Gasteiger charge is 2.04. The Labute approximate surface area is 123 Å². The summed E-state index contributed by atoms with van der Waals surface area (Å²) in [6.07, 6.45) is 5.41. The highest BCUT2D eigenvalue weighted by Crippen LogP contribution is 2.19. The molecule has 0 bridgehead atoms. The molecule has 0 aliphatic heterocycles. The summed E-state index contributed by atoms with van der Waals surface area (Å²) < 4.78 is 15.7. The van der Waals surface area contributed by atoms with Crippen molar-refractivity contribution in [2.24, 2.45) is 0 Å². The lowest BCUT2D eigenvalue weighted by Gasteiger charge is -2.11. The predicted octanol–water partition coefficient (Wildman–Crippen LogP) is 3.93. The maximum absolute atomic E-state index is 13.7. The van der Waals surface area contributed by atoms with Gasteiger partial charge in [0.1, 0.15) is 5.82 Å². The van der Waals surface area contributed by atoms with E-state index in [1.165, 1.54) is 6.07 Å². The van der Waals surface area contributed by atoms with Gasteiger partial charge in [0, 0.05) is 24.6 Å². The fourth-order valence-electron chi connectivity index (χ4n) is 2.24. The van der Waals surface area contributed by atoms with Gasteiger partial charge in [0.05, 0.1) is 12.0 Å². The Hall–Kier alpha value is -2.62. The number of hydrogen-bond donors (Lipinski definition) is 1. The zero-order valence-electron chi connectivity index (χ0n) is 11.8. The molecule has 3 aromatic rings. The van der Waals surface area contributed by atoms with Crippen LogP contribution >= 0.6 is 0 Å². The first-order valence-electron chi connectivity index (χ1n) is 6.80. The number of nitrogens with zero attached hydrogens (tertiary/aromatic N) is 2. The maximum Gasteiger partial charge on any atom is 0.146 e. The second-order valence-corrected chi connectivity index (χ2v) is 4.92. The van der Waals surface area contributed by atoms with Crippen molar-refractivity contribution in [3.05, 3.63) is 78.1 Å². The minimum absolute atomic E-state index is 0.218. The highest BCUT2D eigenvalue weighted by atomic mass is 19.1. The van der Waals surface area contributed by atoms with E-state index >= 15 is 0 Å². The van der Waals surface area contributed by atoms with Crippen molar-refractivity contribution in [2.45, 2.75) is 13.5 Å². The summed E-state index contributed by atoms with van der Waals surface area (Å²) >= 11 is 0. The van der Waals surface area contributed by atoms with Crippen LogP contribution in [0.15, 0.2) is 61.2 Å². The molecule has 0 radical (unpaired) electrons. The van der Waals surface area contributed by atoms with Crippen molar-refractivity contribution in [2.75, 3.05) is 5.32 Å². The largest absolute Gasteiger partial charge is 0.378 e. The summed E-state index contributed by atoms with van der Waals surface area (Å²) in [5.41, 5.74) is 3.63. The molecule has 21 heavy (non-hydrogen) atoms. The van der Waals surface area contributed by atoms with Crippen LogP contribution in [-0.4, -0.2) is 9.55 Å². The fourth-order valence-corrected chi connectivity index (χ4v) is 2.24. The van der Waals surface area contributed by atoms with E-state index in [0.717, 1.165) is 16.8 Å². The van der Waals surface area contributed by atoms with Gasteiger partial charge in [-0.15, -0.1) is 0 Å². The van der Waals surface area contributed by atoms with Gasteiger partial charge in [-0.1, -0.05) is 24.3 Å². The molecule has 0 saturated carbocycles. The van der Waals surface area contributed by atoms with Gasteiger partial charge in [-0.2, -0.15) is 0 Å². The molecule has 3 rings (SSSR count). The van der Waals surface area contributed by atoms with Crippen molar-refractivity contribution in [1.82, 2.24) is 9.55 Å². The average molecular weight is 281 g/mol. The zero-order valence-corrected chi connectivity index (χ0v) is 11.8. The SMILES string of the molecule is Cc1cccc(F)c1NCc1ccc(-n2ccnc2)cc1. The molecule has 0 fully saturated rings. The van der Waals surface area contributed by atoms with E-state index in [1.807, 2.05) is 48.0 Å². The minimum atomic E-state index is -0.218. The van der Waals surface area contributed by atoms with Gasteiger partial charge in [0.2, 0.25) is 0 Å². The molecule has 0 unspecified atom stereocenters. The summed E-state index contributed by atoms with van der Waals surface area (Å²) in [6.45, 7) is 2.49. The van der Waals surface area contributed by atoms with Crippen molar-refractivity contribution in [3.63, 3.8) is 0 Å². The van der Waals surface area contributed by atoms with Crippen molar-refractivity contribution in [1.29, 1.82) is 0 Å². The lowest BCUT2D eigenvalue weighted by atomic mass is 10.1. The molecule has 0 amide bonds. The fraction of sp³-hybridized carbons (Fsp3) is 0.118. The summed E-state index contributed by atoms with van der Waals surface area (Å²) in [7, 11) is 0. The first kappa shape index (κ1) is 13.4. The van der Waals surface area contributed by atoms with E-state index in [-0.39, 0.29) is 5.82 Å². The molecule has 4 heteroatoms. The van der Waals surface area contributed by atoms with E-state index in [9.17, 15) is 4.39 Å². The Balaban J connectivity index is 1.71. The van der Waals surface area contributed by atoms with Crippen LogP contribution in [0.1, 0.15) is 11.1 Å². The first-order valence-corrected chi connectivity index (χ1v) is 6.80. The topological polar surface area (TPSA) is 29.9 Å². The van der Waals surface area contributed by atoms with Crippen LogP contribution in [0, 0.1) is 12.7 Å². The van der Waals surface area contributed by atoms with Crippen molar-refractivity contribution in [3.8, 4) is 5.69 Å². The number of hydrogen-bond acceptors (Lipinski definition) is 2. The van der Waals surface area contributed by atoms with Crippen LogP contribution in [-0.2, 0) is 6.54 Å². The Kier molecular flexibility index (Phi) is 3.69. The average Bonchev–Trinajstić information content (AvgIpc) is 3.02. The van der Waals surface area contributed by atoms with E-state index in [0.29, 0.717) is 12.2 Å². The molecular formula is C17H16FN3. The Bertz CT molecular complexity index is 698. The molecule has 0 spiro atoms. The standard InChI is InChI=1S/C17H16FN3/c1-13-3-2-4-16(18)17(13)20-11-14-5-7-15(8-6-14)21-10-9-19-12-21/h2-10,12,20H,11H2,1H3. The molecule has 3 nitrogen and oxygen atoms in total. The molecule has 0 aliphatic rings. The van der Waals surface area contributed by atoms with Crippen LogP contribution in [0.3, 0.4) is 0 Å². The summed E-state index contributed by atoms with van der Waals surface area (Å²) in [5, 5.41) is 3.16. The molecular weight excluding hydrogens is 265 g/mol. The molecule has 1 heterocycles. The van der Waals surface area contributed by atoms with E-state index in [1.54, 1.807) is 18.6 Å². The predicted molar refractivity (Wildman–Crippen MR) is 82.0 cm³/mol. The van der Waals surface area contributed by atoms with Crippen LogP contribution in [0.4, 0.5) is 10.1 Å². The number of imidazole rings is 1. The van der Waals surface area contributed by atoms with Gasteiger partial charge in [0.15, 0.2) is 0 Å². The smallest absolute Gasteiger partial charge is 0.146 e. The van der Waals surface area contributed by atoms with Gasteiger partial charge in [-0.3, -0.25) is 0 Å². The number of aryl methyl sites for hydroxylation is 1. The van der Waals surface area contributed by atoms with Crippen LogP contribution in [0.2, 0.25) is 0 Å². The Morgan fingerprint density at radius 1 is 1.14 bits per heavy atom. The minimum Gasteiger partial charge on any atom is -0.378 e. The van der Waals surface area contributed by atoms with Crippen LogP contribution in [0.25, 0.3) is 5.69 Å². The highest BCUT2D eigenvalue weighted by molar-refractivity contribution is 5.52. The van der Waals surface area contributed by atoms with Gasteiger partial charge in [-0.25, -0.2) is 9.37 Å². The second kappa shape index (κ2) is 5.79. The molecule has 2 aromatic carbocycles. The van der Waals surface area contributed by atoms with Gasteiger partial charge < -0.3 is 9.88 Å². The molecule has 1 N–H and O–H groups in total. The Morgan fingerprint density at radius 3 is 2.62 bits per heavy atom.